The summed E-state index contributed by atoms with van der Waals surface area (Å²) < 4.78 is 0. The first-order chi connectivity index (χ1) is 16.5. The van der Waals surface area contributed by atoms with Crippen LogP contribution in [0.1, 0.15) is 29.5 Å². The summed E-state index contributed by atoms with van der Waals surface area (Å²) in [5.41, 5.74) is 4.94. The molecule has 2 aromatic carbocycles. The summed E-state index contributed by atoms with van der Waals surface area (Å²) in [5, 5.41) is 11.6. The topological polar surface area (TPSA) is 47.0 Å². The molecule has 1 N–H and O–H groups in total. The molecule has 4 rings (SSSR count). The SMILES string of the molecule is C=CCc1cc2c(c(CC=C)c1O)CCC(=O)N2CCCN1CCN(c2cccc(Cl)c2)CC1. The van der Waals surface area contributed by atoms with Gasteiger partial charge in [0.1, 0.15) is 5.75 Å². The minimum atomic E-state index is 0.165. The molecular formula is C28H34ClN3O2. The normalized spacial score (nSPS) is 16.4. The Labute approximate surface area is 207 Å². The lowest BCUT2D eigenvalue weighted by atomic mass is 9.90. The average Bonchev–Trinajstić information content (AvgIpc) is 2.84. The summed E-state index contributed by atoms with van der Waals surface area (Å²) >= 11 is 6.15. The first-order valence-corrected chi connectivity index (χ1v) is 12.5. The van der Waals surface area contributed by atoms with E-state index >= 15 is 0 Å². The molecule has 0 aliphatic carbocycles. The van der Waals surface area contributed by atoms with Gasteiger partial charge in [0.15, 0.2) is 0 Å². The third kappa shape index (κ3) is 5.31. The summed E-state index contributed by atoms with van der Waals surface area (Å²) in [6, 6.07) is 10.0. The van der Waals surface area contributed by atoms with E-state index < -0.39 is 0 Å². The van der Waals surface area contributed by atoms with Crippen molar-refractivity contribution in [3.05, 3.63) is 77.4 Å². The molecule has 0 saturated carbocycles. The molecule has 1 amide bonds. The molecule has 1 saturated heterocycles. The zero-order valence-corrected chi connectivity index (χ0v) is 20.6. The van der Waals surface area contributed by atoms with Gasteiger partial charge in [-0.15, -0.1) is 13.2 Å². The lowest BCUT2D eigenvalue weighted by Gasteiger charge is -2.37. The van der Waals surface area contributed by atoms with Crippen molar-refractivity contribution in [3.8, 4) is 5.75 Å². The molecule has 5 nitrogen and oxygen atoms in total. The number of piperazine rings is 1. The van der Waals surface area contributed by atoms with Crippen LogP contribution in [-0.4, -0.2) is 55.2 Å². The van der Waals surface area contributed by atoms with Crippen LogP contribution < -0.4 is 9.80 Å². The van der Waals surface area contributed by atoms with E-state index in [4.69, 9.17) is 11.6 Å². The fourth-order valence-corrected chi connectivity index (χ4v) is 5.29. The molecule has 2 aliphatic heterocycles. The number of carbonyl (C=O) groups is 1. The van der Waals surface area contributed by atoms with Crippen molar-refractivity contribution < 1.29 is 9.90 Å². The number of phenolic OH excluding ortho intramolecular Hbond substituents is 1. The fourth-order valence-electron chi connectivity index (χ4n) is 5.11. The van der Waals surface area contributed by atoms with Crippen LogP contribution in [0.15, 0.2) is 55.6 Å². The highest BCUT2D eigenvalue weighted by atomic mass is 35.5. The van der Waals surface area contributed by atoms with E-state index in [1.165, 1.54) is 5.69 Å². The number of fused-ring (bicyclic) bond motifs is 1. The van der Waals surface area contributed by atoms with Crippen molar-refractivity contribution in [2.75, 3.05) is 49.1 Å². The number of anilines is 2. The summed E-state index contributed by atoms with van der Waals surface area (Å²) in [6.07, 6.45) is 6.84. The first kappa shape index (κ1) is 24.4. The first-order valence-electron chi connectivity index (χ1n) is 12.1. The van der Waals surface area contributed by atoms with Gasteiger partial charge >= 0.3 is 0 Å². The monoisotopic (exact) mass is 479 g/mol. The molecule has 2 heterocycles. The average molecular weight is 480 g/mol. The Morgan fingerprint density at radius 1 is 1.00 bits per heavy atom. The maximum absolute atomic E-state index is 12.9. The van der Waals surface area contributed by atoms with Crippen molar-refractivity contribution in [2.24, 2.45) is 0 Å². The lowest BCUT2D eigenvalue weighted by molar-refractivity contribution is -0.118. The van der Waals surface area contributed by atoms with Crippen molar-refractivity contribution in [3.63, 3.8) is 0 Å². The largest absolute Gasteiger partial charge is 0.507 e. The number of halogens is 1. The van der Waals surface area contributed by atoms with Crippen molar-refractivity contribution in [1.82, 2.24) is 4.90 Å². The van der Waals surface area contributed by atoms with Gasteiger partial charge in [0.25, 0.3) is 0 Å². The van der Waals surface area contributed by atoms with Crippen LogP contribution in [0.3, 0.4) is 0 Å². The number of amides is 1. The number of hydrogen-bond acceptors (Lipinski definition) is 4. The van der Waals surface area contributed by atoms with Crippen LogP contribution in [0.25, 0.3) is 0 Å². The molecule has 0 spiro atoms. The third-order valence-electron chi connectivity index (χ3n) is 6.87. The van der Waals surface area contributed by atoms with Gasteiger partial charge in [-0.05, 0) is 67.6 Å². The highest BCUT2D eigenvalue weighted by Crippen LogP contribution is 2.39. The number of hydrogen-bond donors (Lipinski definition) is 1. The predicted octanol–water partition coefficient (Wildman–Crippen LogP) is 4.99. The molecule has 2 aliphatic rings. The van der Waals surface area contributed by atoms with E-state index in [0.29, 0.717) is 38.0 Å². The van der Waals surface area contributed by atoms with Crippen LogP contribution in [0, 0.1) is 0 Å². The van der Waals surface area contributed by atoms with Gasteiger partial charge in [-0.25, -0.2) is 0 Å². The molecule has 2 aromatic rings. The zero-order chi connectivity index (χ0) is 24.1. The van der Waals surface area contributed by atoms with Gasteiger partial charge in [0.2, 0.25) is 5.91 Å². The molecule has 0 atom stereocenters. The van der Waals surface area contributed by atoms with Gasteiger partial charge < -0.3 is 14.9 Å². The van der Waals surface area contributed by atoms with E-state index in [1.807, 2.05) is 35.2 Å². The molecule has 180 valence electrons. The van der Waals surface area contributed by atoms with Crippen LogP contribution in [0.4, 0.5) is 11.4 Å². The summed E-state index contributed by atoms with van der Waals surface area (Å²) in [4.78, 5) is 19.7. The molecule has 0 bridgehead atoms. The number of rotatable bonds is 9. The van der Waals surface area contributed by atoms with Crippen LogP contribution in [0.5, 0.6) is 5.75 Å². The number of aromatic hydroxyl groups is 1. The van der Waals surface area contributed by atoms with Gasteiger partial charge in [-0.3, -0.25) is 9.69 Å². The summed E-state index contributed by atoms with van der Waals surface area (Å²) in [5.74, 6) is 0.489. The maximum atomic E-state index is 12.9. The second kappa shape index (κ2) is 11.1. The Kier molecular flexibility index (Phi) is 7.96. The number of benzene rings is 2. The van der Waals surface area contributed by atoms with Crippen LogP contribution >= 0.6 is 11.6 Å². The molecule has 34 heavy (non-hydrogen) atoms. The molecule has 0 aromatic heterocycles. The van der Waals surface area contributed by atoms with Crippen molar-refractivity contribution in [1.29, 1.82) is 0 Å². The highest BCUT2D eigenvalue weighted by Gasteiger charge is 2.28. The van der Waals surface area contributed by atoms with E-state index in [0.717, 1.165) is 66.5 Å². The van der Waals surface area contributed by atoms with Crippen LogP contribution in [-0.2, 0) is 24.1 Å². The quantitative estimate of drug-likeness (QED) is 0.514. The molecule has 1 fully saturated rings. The van der Waals surface area contributed by atoms with Crippen molar-refractivity contribution >= 4 is 28.9 Å². The zero-order valence-electron chi connectivity index (χ0n) is 19.8. The number of carbonyl (C=O) groups excluding carboxylic acids is 1. The fraction of sp³-hybridized carbons (Fsp3) is 0.393. The highest BCUT2D eigenvalue weighted by molar-refractivity contribution is 6.30. The Morgan fingerprint density at radius 2 is 1.76 bits per heavy atom. The van der Waals surface area contributed by atoms with Gasteiger partial charge in [0.05, 0.1) is 0 Å². The molecule has 6 heteroatoms. The summed E-state index contributed by atoms with van der Waals surface area (Å²) in [7, 11) is 0. The number of allylic oxidation sites excluding steroid dienone is 2. The van der Waals surface area contributed by atoms with Gasteiger partial charge in [0, 0.05) is 61.1 Å². The number of phenols is 1. The minimum Gasteiger partial charge on any atom is -0.507 e. The smallest absolute Gasteiger partial charge is 0.227 e. The molecule has 0 unspecified atom stereocenters. The Morgan fingerprint density at radius 3 is 2.47 bits per heavy atom. The van der Waals surface area contributed by atoms with E-state index in [2.05, 4.69) is 29.0 Å². The third-order valence-corrected chi connectivity index (χ3v) is 7.10. The van der Waals surface area contributed by atoms with Crippen molar-refractivity contribution in [2.45, 2.75) is 32.1 Å². The minimum absolute atomic E-state index is 0.165. The van der Waals surface area contributed by atoms with E-state index in [1.54, 1.807) is 6.08 Å². The second-order valence-electron chi connectivity index (χ2n) is 9.05. The van der Waals surface area contributed by atoms with E-state index in [9.17, 15) is 9.90 Å². The van der Waals surface area contributed by atoms with Gasteiger partial charge in [-0.1, -0.05) is 29.8 Å². The van der Waals surface area contributed by atoms with Crippen LogP contribution in [0.2, 0.25) is 5.02 Å². The predicted molar refractivity (Wildman–Crippen MR) is 141 cm³/mol. The molecule has 0 radical (unpaired) electrons. The number of nitrogens with zero attached hydrogens (tertiary/aromatic N) is 3. The Balaban J connectivity index is 1.40. The maximum Gasteiger partial charge on any atom is 0.227 e. The second-order valence-corrected chi connectivity index (χ2v) is 9.49. The standard InChI is InChI=1S/C28H34ClN3O2/c1-3-7-21-19-26-24(25(8-4-2)28(21)34)11-12-27(33)32(26)14-6-13-30-15-17-31(18-16-30)23-10-5-9-22(29)20-23/h3-5,9-10,19-20,34H,1-2,6-8,11-18H2. The van der Waals surface area contributed by atoms with E-state index in [-0.39, 0.29) is 5.91 Å². The summed E-state index contributed by atoms with van der Waals surface area (Å²) in [6.45, 7) is 13.3. The Hall–Kier alpha value is -2.76. The Bertz CT molecular complexity index is 1060. The lowest BCUT2D eigenvalue weighted by Crippen LogP contribution is -2.47. The molecular weight excluding hydrogens is 446 g/mol. The van der Waals surface area contributed by atoms with Gasteiger partial charge in [-0.2, -0.15) is 0 Å².